The second kappa shape index (κ2) is 6.71. The molecule has 112 valence electrons. The van der Waals surface area contributed by atoms with Gasteiger partial charge in [0.25, 0.3) is 0 Å². The molecule has 1 rings (SSSR count). The van der Waals surface area contributed by atoms with Crippen LogP contribution in [-0.2, 0) is 4.79 Å². The molecule has 0 aliphatic rings. The Morgan fingerprint density at radius 1 is 1.25 bits per heavy atom. The van der Waals surface area contributed by atoms with Gasteiger partial charge in [0.05, 0.1) is 12.1 Å². The lowest BCUT2D eigenvalue weighted by Crippen LogP contribution is -2.51. The molecule has 2 amide bonds. The number of amides is 2. The van der Waals surface area contributed by atoms with Gasteiger partial charge in [-0.3, -0.25) is 0 Å². The number of carbonyl (C=O) groups excluding carboxylic acids is 1. The second-order valence-corrected chi connectivity index (χ2v) is 6.23. The van der Waals surface area contributed by atoms with E-state index in [0.29, 0.717) is 0 Å². The van der Waals surface area contributed by atoms with Crippen LogP contribution in [0.1, 0.15) is 35.2 Å². The Hall–Kier alpha value is -1.60. The molecule has 0 aliphatic heterocycles. The first kappa shape index (κ1) is 16.5. The maximum absolute atomic E-state index is 11.8. The number of aliphatic hydroxyl groups is 1. The smallest absolute Gasteiger partial charge is 0.328 e. The Kier molecular flexibility index (Phi) is 5.52. The van der Waals surface area contributed by atoms with E-state index in [-0.39, 0.29) is 6.04 Å². The number of aryl methyl sites for hydroxylation is 2. The molecule has 3 unspecified atom stereocenters. The predicted molar refractivity (Wildman–Crippen MR) is 77.0 cm³/mol. The molecule has 0 bridgehead atoms. The molecule has 0 aromatic carbocycles. The quantitative estimate of drug-likeness (QED) is 0.663. The van der Waals surface area contributed by atoms with Gasteiger partial charge in [-0.05, 0) is 39.3 Å². The van der Waals surface area contributed by atoms with Crippen molar-refractivity contribution >= 4 is 23.3 Å². The lowest BCUT2D eigenvalue weighted by Gasteiger charge is -2.20. The highest BCUT2D eigenvalue weighted by Crippen LogP contribution is 2.25. The van der Waals surface area contributed by atoms with E-state index in [9.17, 15) is 14.7 Å². The van der Waals surface area contributed by atoms with Crippen molar-refractivity contribution in [3.63, 3.8) is 0 Å². The summed E-state index contributed by atoms with van der Waals surface area (Å²) >= 11 is 1.64. The fraction of sp³-hybridized carbons (Fsp3) is 0.538. The third kappa shape index (κ3) is 4.21. The molecular formula is C13H20N2O4S. The highest BCUT2D eigenvalue weighted by atomic mass is 32.1. The number of nitrogens with one attached hydrogen (secondary N) is 2. The van der Waals surface area contributed by atoms with Crippen LogP contribution in [0, 0.1) is 13.8 Å². The fourth-order valence-corrected chi connectivity index (χ4v) is 2.95. The summed E-state index contributed by atoms with van der Waals surface area (Å²) in [5.41, 5.74) is 1.01. The number of carbonyl (C=O) groups is 2. The summed E-state index contributed by atoms with van der Waals surface area (Å²) in [5.74, 6) is -1.27. The first-order chi connectivity index (χ1) is 9.22. The first-order valence-corrected chi connectivity index (χ1v) is 7.08. The number of aliphatic carboxylic acids is 1. The molecule has 1 heterocycles. The minimum Gasteiger partial charge on any atom is -0.480 e. The van der Waals surface area contributed by atoms with Gasteiger partial charge in [0.15, 0.2) is 6.04 Å². The van der Waals surface area contributed by atoms with Crippen LogP contribution in [0.25, 0.3) is 0 Å². The third-order valence-corrected chi connectivity index (χ3v) is 3.91. The normalized spacial score (nSPS) is 15.2. The zero-order valence-electron chi connectivity index (χ0n) is 11.9. The molecule has 6 nitrogen and oxygen atoms in total. The molecule has 4 N–H and O–H groups in total. The molecule has 20 heavy (non-hydrogen) atoms. The largest absolute Gasteiger partial charge is 0.480 e. The average molecular weight is 300 g/mol. The third-order valence-electron chi connectivity index (χ3n) is 2.93. The predicted octanol–water partition coefficient (Wildman–Crippen LogP) is 1.56. The molecule has 1 aromatic heterocycles. The summed E-state index contributed by atoms with van der Waals surface area (Å²) in [6.45, 7) is 7.10. The molecule has 1 aromatic rings. The van der Waals surface area contributed by atoms with Gasteiger partial charge < -0.3 is 20.8 Å². The maximum Gasteiger partial charge on any atom is 0.328 e. The van der Waals surface area contributed by atoms with Gasteiger partial charge >= 0.3 is 12.0 Å². The van der Waals surface area contributed by atoms with Gasteiger partial charge in [-0.25, -0.2) is 9.59 Å². The molecular weight excluding hydrogens is 280 g/mol. The van der Waals surface area contributed by atoms with Crippen LogP contribution in [0.3, 0.4) is 0 Å². The van der Waals surface area contributed by atoms with Crippen molar-refractivity contribution in [2.75, 3.05) is 0 Å². The van der Waals surface area contributed by atoms with Crippen LogP contribution in [0.15, 0.2) is 6.07 Å². The molecule has 0 aliphatic carbocycles. The molecule has 0 saturated carbocycles. The molecule has 3 atom stereocenters. The van der Waals surface area contributed by atoms with Gasteiger partial charge in [0, 0.05) is 9.75 Å². The lowest BCUT2D eigenvalue weighted by atomic mass is 10.1. The molecule has 0 fully saturated rings. The SMILES string of the molecule is Cc1cc(C(C)NC(=O)NC(C(=O)O)C(C)O)c(C)s1. The number of carboxylic acid groups (broad SMARTS) is 1. The van der Waals surface area contributed by atoms with E-state index >= 15 is 0 Å². The Labute approximate surface area is 121 Å². The van der Waals surface area contributed by atoms with Gasteiger partial charge in [0.1, 0.15) is 0 Å². The number of carboxylic acids is 1. The van der Waals surface area contributed by atoms with Crippen molar-refractivity contribution < 1.29 is 19.8 Å². The summed E-state index contributed by atoms with van der Waals surface area (Å²) in [6.07, 6.45) is -1.17. The van der Waals surface area contributed by atoms with Gasteiger partial charge in [0.2, 0.25) is 0 Å². The van der Waals surface area contributed by atoms with E-state index in [1.54, 1.807) is 11.3 Å². The highest BCUT2D eigenvalue weighted by Gasteiger charge is 2.25. The lowest BCUT2D eigenvalue weighted by molar-refractivity contribution is -0.141. The monoisotopic (exact) mass is 300 g/mol. The number of aliphatic hydroxyl groups excluding tert-OH is 1. The first-order valence-electron chi connectivity index (χ1n) is 6.27. The van der Waals surface area contributed by atoms with Gasteiger partial charge in [-0.1, -0.05) is 0 Å². The summed E-state index contributed by atoms with van der Waals surface area (Å²) in [4.78, 5) is 24.9. The summed E-state index contributed by atoms with van der Waals surface area (Å²) in [7, 11) is 0. The van der Waals surface area contributed by atoms with Crippen LogP contribution in [0.2, 0.25) is 0 Å². The summed E-state index contributed by atoms with van der Waals surface area (Å²) < 4.78 is 0. The molecule has 7 heteroatoms. The zero-order valence-corrected chi connectivity index (χ0v) is 12.7. The standard InChI is InChI=1S/C13H20N2O4S/c1-6-5-10(9(4)20-6)7(2)14-13(19)15-11(8(3)16)12(17)18/h5,7-8,11,16H,1-4H3,(H,17,18)(H2,14,15,19). The van der Waals surface area contributed by atoms with Crippen LogP contribution in [0.4, 0.5) is 4.79 Å². The van der Waals surface area contributed by atoms with E-state index in [4.69, 9.17) is 5.11 Å². The Morgan fingerprint density at radius 3 is 2.25 bits per heavy atom. The van der Waals surface area contributed by atoms with Crippen LogP contribution >= 0.6 is 11.3 Å². The average Bonchev–Trinajstić information content (AvgIpc) is 2.64. The van der Waals surface area contributed by atoms with Crippen molar-refractivity contribution in [2.45, 2.75) is 45.9 Å². The van der Waals surface area contributed by atoms with E-state index in [1.165, 1.54) is 6.92 Å². The maximum atomic E-state index is 11.8. The number of hydrogen-bond acceptors (Lipinski definition) is 4. The summed E-state index contributed by atoms with van der Waals surface area (Å²) in [5, 5.41) is 23.1. The number of thiophene rings is 1. The fourth-order valence-electron chi connectivity index (χ4n) is 1.93. The van der Waals surface area contributed by atoms with Crippen molar-refractivity contribution in [1.29, 1.82) is 0 Å². The number of rotatable bonds is 5. The van der Waals surface area contributed by atoms with Crippen molar-refractivity contribution in [2.24, 2.45) is 0 Å². The molecule has 0 radical (unpaired) electrons. The zero-order chi connectivity index (χ0) is 15.4. The Balaban J connectivity index is 2.66. The van der Waals surface area contributed by atoms with Crippen molar-refractivity contribution in [3.05, 3.63) is 21.4 Å². The minimum atomic E-state index is -1.33. The number of hydrogen-bond donors (Lipinski definition) is 4. The van der Waals surface area contributed by atoms with E-state index in [1.807, 2.05) is 26.8 Å². The van der Waals surface area contributed by atoms with Crippen molar-refractivity contribution in [3.8, 4) is 0 Å². The van der Waals surface area contributed by atoms with Crippen LogP contribution in [0.5, 0.6) is 0 Å². The highest BCUT2D eigenvalue weighted by molar-refractivity contribution is 7.12. The number of urea groups is 1. The Morgan fingerprint density at radius 2 is 1.85 bits per heavy atom. The van der Waals surface area contributed by atoms with Gasteiger partial charge in [-0.15, -0.1) is 11.3 Å². The van der Waals surface area contributed by atoms with Crippen molar-refractivity contribution in [1.82, 2.24) is 10.6 Å². The topological polar surface area (TPSA) is 98.7 Å². The summed E-state index contributed by atoms with van der Waals surface area (Å²) in [6, 6.07) is -0.182. The molecule has 0 saturated heterocycles. The minimum absolute atomic E-state index is 0.233. The van der Waals surface area contributed by atoms with E-state index in [2.05, 4.69) is 10.6 Å². The van der Waals surface area contributed by atoms with E-state index in [0.717, 1.165) is 15.3 Å². The second-order valence-electron chi connectivity index (χ2n) is 4.76. The van der Waals surface area contributed by atoms with Crippen LogP contribution in [-0.4, -0.2) is 34.4 Å². The Bertz CT molecular complexity index is 499. The van der Waals surface area contributed by atoms with Crippen LogP contribution < -0.4 is 10.6 Å². The van der Waals surface area contributed by atoms with Gasteiger partial charge in [-0.2, -0.15) is 0 Å². The van der Waals surface area contributed by atoms with E-state index < -0.39 is 24.1 Å². The molecule has 0 spiro atoms.